The van der Waals surface area contributed by atoms with Gasteiger partial charge in [-0.2, -0.15) is 0 Å². The van der Waals surface area contributed by atoms with Gasteiger partial charge >= 0.3 is 11.9 Å². The molecule has 0 bridgehead atoms. The molecule has 7 atom stereocenters. The van der Waals surface area contributed by atoms with E-state index in [4.69, 9.17) is 14.2 Å². The van der Waals surface area contributed by atoms with Crippen molar-refractivity contribution in [2.45, 2.75) is 64.8 Å². The Morgan fingerprint density at radius 3 is 2.46 bits per heavy atom. The fraction of sp³-hybridized carbons (Fsp3) is 0.724. The van der Waals surface area contributed by atoms with E-state index in [1.807, 2.05) is 37.7 Å². The highest BCUT2D eigenvalue weighted by atomic mass is 16.6. The van der Waals surface area contributed by atoms with Crippen LogP contribution in [0.1, 0.15) is 46.5 Å². The molecule has 1 saturated carbocycles. The van der Waals surface area contributed by atoms with Crippen LogP contribution in [0.2, 0.25) is 0 Å². The zero-order valence-electron chi connectivity index (χ0n) is 24.1. The molecule has 0 aromatic rings. The van der Waals surface area contributed by atoms with Gasteiger partial charge in [-0.05, 0) is 44.8 Å². The van der Waals surface area contributed by atoms with E-state index >= 15 is 0 Å². The third-order valence-corrected chi connectivity index (χ3v) is 9.39. The van der Waals surface area contributed by atoms with Gasteiger partial charge in [0.25, 0.3) is 0 Å². The summed E-state index contributed by atoms with van der Waals surface area (Å²) in [5.41, 5.74) is -0.962. The molecule has 216 valence electrons. The zero-order chi connectivity index (χ0) is 28.9. The Balaban J connectivity index is 1.94. The van der Waals surface area contributed by atoms with Crippen LogP contribution in [0.4, 0.5) is 0 Å². The van der Waals surface area contributed by atoms with Gasteiger partial charge in [-0.15, -0.1) is 0 Å². The first-order valence-electron chi connectivity index (χ1n) is 13.8. The molecule has 0 amide bonds. The molecule has 0 spiro atoms. The van der Waals surface area contributed by atoms with Gasteiger partial charge in [-0.3, -0.25) is 14.4 Å². The Bertz CT molecular complexity index is 1110. The van der Waals surface area contributed by atoms with Crippen LogP contribution >= 0.6 is 0 Å². The first-order chi connectivity index (χ1) is 18.3. The maximum Gasteiger partial charge on any atom is 0.336 e. The minimum absolute atomic E-state index is 0.000255. The summed E-state index contributed by atoms with van der Waals surface area (Å²) in [6.07, 6.45) is 0.623. The first-order valence-corrected chi connectivity index (χ1v) is 13.8. The molecular formula is C29H42N2O8. The summed E-state index contributed by atoms with van der Waals surface area (Å²) < 4.78 is 17.4. The van der Waals surface area contributed by atoms with E-state index < -0.39 is 58.6 Å². The maximum absolute atomic E-state index is 14.1. The number of allylic oxidation sites excluding steroid dienone is 1. The highest BCUT2D eigenvalue weighted by Crippen LogP contribution is 2.63. The number of carbonyl (C=O) groups excluding carboxylic acids is 4. The number of ketones is 2. The van der Waals surface area contributed by atoms with E-state index in [0.29, 0.717) is 43.5 Å². The second-order valence-electron chi connectivity index (χ2n) is 12.1. The van der Waals surface area contributed by atoms with E-state index in [-0.39, 0.29) is 24.5 Å². The second-order valence-corrected chi connectivity index (χ2v) is 12.1. The molecule has 0 radical (unpaired) electrons. The number of nitrogens with zero attached hydrogens (tertiary/aromatic N) is 2. The van der Waals surface area contributed by atoms with Crippen molar-refractivity contribution in [2.24, 2.45) is 22.7 Å². The largest absolute Gasteiger partial charge is 0.458 e. The molecule has 1 aliphatic heterocycles. The van der Waals surface area contributed by atoms with Crippen molar-refractivity contribution < 1.29 is 38.5 Å². The van der Waals surface area contributed by atoms with E-state index in [9.17, 15) is 24.3 Å². The van der Waals surface area contributed by atoms with Gasteiger partial charge < -0.3 is 29.1 Å². The van der Waals surface area contributed by atoms with Crippen LogP contribution in [0.5, 0.6) is 0 Å². The third-order valence-electron chi connectivity index (χ3n) is 9.39. The van der Waals surface area contributed by atoms with Crippen molar-refractivity contribution in [2.75, 3.05) is 47.9 Å². The first kappa shape index (κ1) is 29.4. The summed E-state index contributed by atoms with van der Waals surface area (Å²) in [6, 6.07) is 0. The number of rotatable bonds is 8. The molecule has 3 aliphatic carbocycles. The summed E-state index contributed by atoms with van der Waals surface area (Å²) in [5.74, 6) is -3.94. The summed E-state index contributed by atoms with van der Waals surface area (Å²) in [5, 5.41) is 11.0. The predicted molar refractivity (Wildman–Crippen MR) is 141 cm³/mol. The number of carbonyl (C=O) groups is 4. The van der Waals surface area contributed by atoms with Gasteiger partial charge in [0, 0.05) is 56.3 Å². The summed E-state index contributed by atoms with van der Waals surface area (Å²) in [7, 11) is 7.17. The fourth-order valence-corrected chi connectivity index (χ4v) is 7.19. The third kappa shape index (κ3) is 4.74. The number of ether oxygens (including phenoxy) is 3. The second kappa shape index (κ2) is 10.8. The summed E-state index contributed by atoms with van der Waals surface area (Å²) in [6.45, 7) is 6.71. The standard InChI is InChI=1S/C29H42N2O8/c1-8-21(33)38-18-13-28(2)17(9-10-19(28)32)22-24(18)29(3)20(15-37-7)39-27(36)16(23(29)26(35)25(22)34)14-31(6)12-11-30(4)5/h14,17-20,23,32H,8-13,15H2,1-7H3. The van der Waals surface area contributed by atoms with Crippen molar-refractivity contribution >= 4 is 23.5 Å². The highest BCUT2D eigenvalue weighted by molar-refractivity contribution is 6.47. The lowest BCUT2D eigenvalue weighted by atomic mass is 9.50. The molecule has 10 heteroatoms. The Hall–Kier alpha value is -2.56. The van der Waals surface area contributed by atoms with Crippen molar-refractivity contribution in [3.05, 3.63) is 22.9 Å². The number of Topliss-reactive ketones (excluding diaryl/α,β-unsaturated/α-hetero) is 2. The van der Waals surface area contributed by atoms with Crippen LogP contribution in [0.25, 0.3) is 0 Å². The van der Waals surface area contributed by atoms with Crippen LogP contribution in [0, 0.1) is 22.7 Å². The van der Waals surface area contributed by atoms with E-state index in [2.05, 4.69) is 0 Å². The number of hydrogen-bond donors (Lipinski definition) is 1. The Morgan fingerprint density at radius 2 is 1.85 bits per heavy atom. The molecule has 1 N–H and O–H groups in total. The Kier molecular flexibility index (Phi) is 8.13. The lowest BCUT2D eigenvalue weighted by Gasteiger charge is -2.56. The number of aliphatic hydroxyl groups excluding tert-OH is 1. The smallest absolute Gasteiger partial charge is 0.336 e. The minimum atomic E-state index is -1.19. The van der Waals surface area contributed by atoms with E-state index in [1.165, 1.54) is 7.11 Å². The Morgan fingerprint density at radius 1 is 1.15 bits per heavy atom. The van der Waals surface area contributed by atoms with Gasteiger partial charge in [0.15, 0.2) is 0 Å². The van der Waals surface area contributed by atoms with Gasteiger partial charge in [-0.1, -0.05) is 20.8 Å². The zero-order valence-corrected chi connectivity index (χ0v) is 24.1. The van der Waals surface area contributed by atoms with Gasteiger partial charge in [0.1, 0.15) is 12.2 Å². The average Bonchev–Trinajstić information content (AvgIpc) is 3.17. The number of likely N-dealkylation sites (N-methyl/N-ethyl adjacent to an activating group) is 2. The minimum Gasteiger partial charge on any atom is -0.458 e. The fourth-order valence-electron chi connectivity index (χ4n) is 7.19. The molecule has 1 heterocycles. The molecular weight excluding hydrogens is 504 g/mol. The molecule has 10 nitrogen and oxygen atoms in total. The van der Waals surface area contributed by atoms with Crippen molar-refractivity contribution in [1.29, 1.82) is 0 Å². The van der Waals surface area contributed by atoms with Crippen LogP contribution < -0.4 is 0 Å². The van der Waals surface area contributed by atoms with Gasteiger partial charge in [-0.25, -0.2) is 4.79 Å². The lowest BCUT2D eigenvalue weighted by molar-refractivity contribution is -0.175. The topological polar surface area (TPSA) is 123 Å². The van der Waals surface area contributed by atoms with Gasteiger partial charge in [0.05, 0.1) is 24.2 Å². The monoisotopic (exact) mass is 546 g/mol. The van der Waals surface area contributed by atoms with Crippen molar-refractivity contribution in [3.63, 3.8) is 0 Å². The predicted octanol–water partition coefficient (Wildman–Crippen LogP) is 1.51. The molecule has 1 saturated heterocycles. The van der Waals surface area contributed by atoms with E-state index in [0.717, 1.165) is 0 Å². The van der Waals surface area contributed by atoms with E-state index in [1.54, 1.807) is 20.2 Å². The van der Waals surface area contributed by atoms with Crippen LogP contribution in [-0.2, 0) is 33.4 Å². The van der Waals surface area contributed by atoms with Crippen LogP contribution in [-0.4, -0.2) is 105 Å². The SMILES string of the molecule is CCC(=O)OC1CC2(C)C(O)CCC2C2=C1C1(C)C(COC)OC(=O)C(=CN(C)CCN(C)C)C1C(=O)C2=O. The number of hydrogen-bond acceptors (Lipinski definition) is 10. The molecule has 2 fully saturated rings. The summed E-state index contributed by atoms with van der Waals surface area (Å²) in [4.78, 5) is 57.9. The number of aliphatic hydroxyl groups is 1. The Labute approximate surface area is 230 Å². The van der Waals surface area contributed by atoms with Crippen molar-refractivity contribution in [3.8, 4) is 0 Å². The molecule has 4 rings (SSSR count). The normalized spacial score (nSPS) is 37.0. The quantitative estimate of drug-likeness (QED) is 0.272. The number of fused-ring (bicyclic) bond motifs is 4. The molecule has 0 aromatic carbocycles. The van der Waals surface area contributed by atoms with Crippen molar-refractivity contribution in [1.82, 2.24) is 9.80 Å². The average molecular weight is 547 g/mol. The van der Waals surface area contributed by atoms with Crippen LogP contribution in [0.15, 0.2) is 22.9 Å². The molecule has 7 unspecified atom stereocenters. The molecule has 0 aromatic heterocycles. The lowest BCUT2D eigenvalue weighted by Crippen LogP contribution is -2.63. The van der Waals surface area contributed by atoms with Crippen LogP contribution in [0.3, 0.4) is 0 Å². The highest BCUT2D eigenvalue weighted by Gasteiger charge is 2.67. The number of methoxy groups -OCH3 is 1. The molecule has 39 heavy (non-hydrogen) atoms. The number of cyclic esters (lactones) is 1. The summed E-state index contributed by atoms with van der Waals surface area (Å²) >= 11 is 0. The van der Waals surface area contributed by atoms with Gasteiger partial charge in [0.2, 0.25) is 11.6 Å². The number of esters is 2. The molecule has 4 aliphatic rings. The maximum atomic E-state index is 14.1.